The average Bonchev–Trinajstić information content (AvgIpc) is 2.87. The van der Waals surface area contributed by atoms with Gasteiger partial charge >= 0.3 is 6.09 Å². The van der Waals surface area contributed by atoms with E-state index in [0.29, 0.717) is 5.69 Å². The lowest BCUT2D eigenvalue weighted by atomic mass is 10.2. The van der Waals surface area contributed by atoms with Gasteiger partial charge in [0, 0.05) is 11.8 Å². The van der Waals surface area contributed by atoms with Gasteiger partial charge in [-0.2, -0.15) is 0 Å². The Kier molecular flexibility index (Phi) is 6.40. The second-order valence-corrected chi connectivity index (χ2v) is 4.65. The molecule has 1 heterocycles. The van der Waals surface area contributed by atoms with Crippen molar-refractivity contribution in [1.29, 1.82) is 0 Å². The van der Waals surface area contributed by atoms with Crippen LogP contribution >= 0.6 is 0 Å². The summed E-state index contributed by atoms with van der Waals surface area (Å²) in [6, 6.07) is 4.36. The topological polar surface area (TPSA) is 96.5 Å². The lowest BCUT2D eigenvalue weighted by Gasteiger charge is -2.09. The van der Waals surface area contributed by atoms with Gasteiger partial charge in [-0.1, -0.05) is 0 Å². The first-order valence-corrected chi connectivity index (χ1v) is 6.47. The van der Waals surface area contributed by atoms with E-state index in [0.717, 1.165) is 0 Å². The predicted octanol–water partition coefficient (Wildman–Crippen LogP) is -2.16. The molecule has 0 aliphatic carbocycles. The quantitative estimate of drug-likeness (QED) is 0.436. The second kappa shape index (κ2) is 8.04. The van der Waals surface area contributed by atoms with Crippen LogP contribution in [0.15, 0.2) is 36.9 Å². The average molecular weight is 341 g/mol. The van der Waals surface area contributed by atoms with E-state index in [4.69, 9.17) is 0 Å². The maximum absolute atomic E-state index is 11.9. The van der Waals surface area contributed by atoms with Gasteiger partial charge < -0.3 is 27.6 Å². The van der Waals surface area contributed by atoms with Crippen LogP contribution in [0.1, 0.15) is 0 Å². The second-order valence-electron chi connectivity index (χ2n) is 4.65. The number of hydrogen-bond acceptors (Lipinski definition) is 4. The van der Waals surface area contributed by atoms with Gasteiger partial charge in [0.05, 0.1) is 19.8 Å². The van der Waals surface area contributed by atoms with E-state index in [9.17, 15) is 14.7 Å². The number of hydrogen-bond donors (Lipinski definition) is 3. The number of amides is 2. The molecule has 124 valence electrons. The standard InChI is InChI=1S/C14H16N4O4.ClH/c1-17-5-6-18(9-17)8-13(20)16-11-4-3-10(7-12(11)19)15-14(21)22-2;/h3-7,9H,8H2,1-2H3,(H2-,15,16,19,20,21);1H. The van der Waals surface area contributed by atoms with Crippen LogP contribution in [-0.2, 0) is 23.1 Å². The maximum atomic E-state index is 11.9. The Morgan fingerprint density at radius 2 is 2.09 bits per heavy atom. The zero-order valence-corrected chi connectivity index (χ0v) is 13.4. The summed E-state index contributed by atoms with van der Waals surface area (Å²) in [7, 11) is 3.10. The van der Waals surface area contributed by atoms with Gasteiger partial charge in [0.2, 0.25) is 6.33 Å². The van der Waals surface area contributed by atoms with Crippen LogP contribution in [0, 0.1) is 0 Å². The molecule has 9 heteroatoms. The highest BCUT2D eigenvalue weighted by molar-refractivity contribution is 5.93. The van der Waals surface area contributed by atoms with E-state index in [1.807, 2.05) is 17.8 Å². The lowest BCUT2D eigenvalue weighted by molar-refractivity contribution is -0.671. The summed E-state index contributed by atoms with van der Waals surface area (Å²) in [5, 5.41) is 14.9. The van der Waals surface area contributed by atoms with Gasteiger partial charge in [0.1, 0.15) is 18.1 Å². The van der Waals surface area contributed by atoms with Crippen LogP contribution in [0.5, 0.6) is 5.75 Å². The summed E-state index contributed by atoms with van der Waals surface area (Å²) in [4.78, 5) is 23.0. The number of ether oxygens (including phenoxy) is 1. The molecule has 23 heavy (non-hydrogen) atoms. The summed E-state index contributed by atoms with van der Waals surface area (Å²) in [6.45, 7) is 0.127. The maximum Gasteiger partial charge on any atom is 0.411 e. The van der Waals surface area contributed by atoms with Crippen LogP contribution < -0.4 is 27.6 Å². The zero-order valence-electron chi connectivity index (χ0n) is 12.6. The molecule has 2 rings (SSSR count). The number of nitrogens with one attached hydrogen (secondary N) is 2. The van der Waals surface area contributed by atoms with Crippen LogP contribution in [0.4, 0.5) is 16.2 Å². The van der Waals surface area contributed by atoms with Crippen LogP contribution in [0.25, 0.3) is 0 Å². The number of aromatic hydroxyl groups is 1. The molecule has 8 nitrogen and oxygen atoms in total. The first-order valence-electron chi connectivity index (χ1n) is 6.47. The van der Waals surface area contributed by atoms with Crippen LogP contribution in [0.2, 0.25) is 0 Å². The smallest absolute Gasteiger partial charge is 0.411 e. The molecule has 0 bridgehead atoms. The molecule has 0 fully saturated rings. The number of phenols is 1. The number of nitrogens with zero attached hydrogens (tertiary/aromatic N) is 2. The van der Waals surface area contributed by atoms with Crippen molar-refractivity contribution in [3.8, 4) is 5.75 Å². The number of carbonyl (C=O) groups is 2. The summed E-state index contributed by atoms with van der Waals surface area (Å²) in [5.41, 5.74) is 0.622. The molecule has 0 saturated heterocycles. The van der Waals surface area contributed by atoms with Crippen molar-refractivity contribution in [1.82, 2.24) is 4.57 Å². The number of halogens is 1. The van der Waals surface area contributed by atoms with Crippen LogP contribution in [0.3, 0.4) is 0 Å². The van der Waals surface area contributed by atoms with Crippen molar-refractivity contribution in [2.45, 2.75) is 6.54 Å². The number of benzene rings is 1. The van der Waals surface area contributed by atoms with Gasteiger partial charge in [-0.15, -0.1) is 0 Å². The van der Waals surface area contributed by atoms with E-state index in [-0.39, 0.29) is 36.3 Å². The molecule has 2 amide bonds. The molecule has 2 aromatic rings. The molecule has 1 aromatic carbocycles. The largest absolute Gasteiger partial charge is 1.00 e. The van der Waals surface area contributed by atoms with Crippen molar-refractivity contribution in [2.24, 2.45) is 7.05 Å². The molecule has 0 radical (unpaired) electrons. The number of methoxy groups -OCH3 is 1. The van der Waals surface area contributed by atoms with E-state index in [1.165, 1.54) is 19.2 Å². The number of rotatable bonds is 4. The Morgan fingerprint density at radius 3 is 2.65 bits per heavy atom. The summed E-state index contributed by atoms with van der Waals surface area (Å²) in [5.74, 6) is -0.430. The number of imidazole rings is 1. The van der Waals surface area contributed by atoms with E-state index in [2.05, 4.69) is 15.4 Å². The molecule has 0 aliphatic rings. The van der Waals surface area contributed by atoms with Gasteiger partial charge in [-0.3, -0.25) is 10.1 Å². The minimum absolute atomic E-state index is 0. The predicted molar refractivity (Wildman–Crippen MR) is 78.4 cm³/mol. The fourth-order valence-corrected chi connectivity index (χ4v) is 1.83. The Labute approximate surface area is 139 Å². The summed E-state index contributed by atoms with van der Waals surface area (Å²) < 4.78 is 7.98. The fourth-order valence-electron chi connectivity index (χ4n) is 1.83. The van der Waals surface area contributed by atoms with Gasteiger partial charge in [0.15, 0.2) is 6.54 Å². The molecular weight excluding hydrogens is 324 g/mol. The molecule has 0 saturated carbocycles. The van der Waals surface area contributed by atoms with E-state index in [1.54, 1.807) is 23.2 Å². The third kappa shape index (κ3) is 5.19. The van der Waals surface area contributed by atoms with Crippen molar-refractivity contribution in [3.63, 3.8) is 0 Å². The van der Waals surface area contributed by atoms with Crippen molar-refractivity contribution < 1.29 is 36.4 Å². The molecule has 0 atom stereocenters. The number of carbonyl (C=O) groups excluding carboxylic acids is 2. The number of anilines is 2. The molecule has 1 aromatic heterocycles. The van der Waals surface area contributed by atoms with Crippen molar-refractivity contribution >= 4 is 23.4 Å². The molecule has 0 spiro atoms. The highest BCUT2D eigenvalue weighted by Crippen LogP contribution is 2.26. The van der Waals surface area contributed by atoms with Gasteiger partial charge in [-0.05, 0) is 12.1 Å². The Hall–Kier alpha value is -2.74. The SMILES string of the molecule is COC(=O)Nc1ccc(NC(=O)Cn2cc[n+](C)c2)c(O)c1.[Cl-]. The van der Waals surface area contributed by atoms with Crippen molar-refractivity contribution in [2.75, 3.05) is 17.7 Å². The number of phenolic OH excluding ortho intramolecular Hbond substituents is 1. The molecule has 0 aliphatic heterocycles. The van der Waals surface area contributed by atoms with Gasteiger partial charge in [0.25, 0.3) is 5.91 Å². The number of aryl methyl sites for hydroxylation is 1. The van der Waals surface area contributed by atoms with E-state index >= 15 is 0 Å². The first-order chi connectivity index (χ1) is 10.5. The Balaban J connectivity index is 0.00000264. The number of aromatic nitrogens is 2. The first kappa shape index (κ1) is 18.3. The lowest BCUT2D eigenvalue weighted by Crippen LogP contribution is -3.00. The summed E-state index contributed by atoms with van der Waals surface area (Å²) in [6.07, 6.45) is 4.71. The normalized spacial score (nSPS) is 9.65. The van der Waals surface area contributed by atoms with E-state index < -0.39 is 6.09 Å². The Morgan fingerprint density at radius 1 is 1.35 bits per heavy atom. The highest BCUT2D eigenvalue weighted by Gasteiger charge is 2.11. The minimum Gasteiger partial charge on any atom is -1.00 e. The zero-order chi connectivity index (χ0) is 16.1. The minimum atomic E-state index is -0.642. The third-order valence-electron chi connectivity index (χ3n) is 2.85. The molecule has 0 unspecified atom stereocenters. The van der Waals surface area contributed by atoms with Crippen LogP contribution in [-0.4, -0.2) is 28.8 Å². The monoisotopic (exact) mass is 340 g/mol. The fraction of sp³-hybridized carbons (Fsp3) is 0.214. The molecular formula is C14H17ClN4O4. The van der Waals surface area contributed by atoms with Gasteiger partial charge in [-0.25, -0.2) is 13.9 Å². The molecule has 3 N–H and O–H groups in total. The Bertz CT molecular complexity index is 702. The van der Waals surface area contributed by atoms with Crippen molar-refractivity contribution in [3.05, 3.63) is 36.9 Å². The highest BCUT2D eigenvalue weighted by atomic mass is 35.5. The third-order valence-corrected chi connectivity index (χ3v) is 2.85. The summed E-state index contributed by atoms with van der Waals surface area (Å²) >= 11 is 0.